The van der Waals surface area contributed by atoms with Crippen LogP contribution in [-0.2, 0) is 22.6 Å². The van der Waals surface area contributed by atoms with Crippen LogP contribution in [0.3, 0.4) is 0 Å². The number of aromatic nitrogens is 2. The van der Waals surface area contributed by atoms with Gasteiger partial charge in [-0.25, -0.2) is 4.98 Å². The van der Waals surface area contributed by atoms with Crippen molar-refractivity contribution in [2.45, 2.75) is 53.5 Å². The normalized spacial score (nSPS) is 24.9. The molecule has 2 aromatic heterocycles. The van der Waals surface area contributed by atoms with Crippen molar-refractivity contribution in [3.05, 3.63) is 35.3 Å². The zero-order valence-corrected chi connectivity index (χ0v) is 19.8. The third-order valence-corrected chi connectivity index (χ3v) is 7.77. The summed E-state index contributed by atoms with van der Waals surface area (Å²) >= 11 is 0. The number of nitrogens with zero attached hydrogens (tertiary/aromatic N) is 4. The van der Waals surface area contributed by atoms with E-state index in [2.05, 4.69) is 34.8 Å². The molecule has 1 unspecified atom stereocenters. The lowest BCUT2D eigenvalue weighted by atomic mass is 9.89. The van der Waals surface area contributed by atoms with Crippen LogP contribution in [0.15, 0.2) is 18.3 Å². The molecule has 1 aliphatic carbocycles. The Hall–Kier alpha value is -3.14. The highest BCUT2D eigenvalue weighted by molar-refractivity contribution is 5.92. The van der Waals surface area contributed by atoms with E-state index < -0.39 is 0 Å². The quantitative estimate of drug-likeness (QED) is 0.779. The highest BCUT2D eigenvalue weighted by Gasteiger charge is 2.44. The van der Waals surface area contributed by atoms with E-state index in [0.717, 1.165) is 55.6 Å². The van der Waals surface area contributed by atoms with Gasteiger partial charge in [-0.15, -0.1) is 0 Å². The molecule has 1 saturated carbocycles. The average molecular weight is 446 g/mol. The molecule has 1 saturated heterocycles. The summed E-state index contributed by atoms with van der Waals surface area (Å²) in [5.74, 6) is 1.50. The number of nitrogens with one attached hydrogen (secondary N) is 1. The summed E-state index contributed by atoms with van der Waals surface area (Å²) in [4.78, 5) is 31.1. The maximum absolute atomic E-state index is 13.0. The topological polar surface area (TPSA) is 91.0 Å². The number of hydrogen-bond acceptors (Lipinski definition) is 4. The van der Waals surface area contributed by atoms with Crippen LogP contribution in [0.25, 0.3) is 11.1 Å². The van der Waals surface area contributed by atoms with Crippen molar-refractivity contribution in [1.82, 2.24) is 14.5 Å². The number of rotatable bonds is 3. The Kier molecular flexibility index (Phi) is 5.08. The van der Waals surface area contributed by atoms with E-state index >= 15 is 0 Å². The molecule has 5 rings (SSSR count). The lowest BCUT2D eigenvalue weighted by Crippen LogP contribution is -2.29. The van der Waals surface area contributed by atoms with Gasteiger partial charge in [0.05, 0.1) is 0 Å². The predicted molar refractivity (Wildman–Crippen MR) is 125 cm³/mol. The van der Waals surface area contributed by atoms with Crippen molar-refractivity contribution in [3.8, 4) is 17.2 Å². The standard InChI is InChI=1S/C26H31N5O2/c1-15-11-28-24(29-25(33)17-5-18-12-30(16(2)32)13-19(18)6-17)8-21(15)22-7-20(10-27)31-14-26(3,4)9-23(22)31/h7-8,11,17-19H,5-6,9,12-14H2,1-4H3,(H,28,29,33)/t17?,18-,19+. The van der Waals surface area contributed by atoms with E-state index in [0.29, 0.717) is 23.3 Å². The fourth-order valence-corrected chi connectivity index (χ4v) is 6.10. The van der Waals surface area contributed by atoms with Crippen LogP contribution in [0, 0.1) is 41.4 Å². The Labute approximate surface area is 194 Å². The average Bonchev–Trinajstić information content (AvgIpc) is 3.47. The summed E-state index contributed by atoms with van der Waals surface area (Å²) in [5, 5.41) is 12.7. The number of pyridine rings is 1. The van der Waals surface area contributed by atoms with Gasteiger partial charge in [0, 0.05) is 49.9 Å². The largest absolute Gasteiger partial charge is 0.342 e. The Morgan fingerprint density at radius 3 is 2.52 bits per heavy atom. The molecule has 0 radical (unpaired) electrons. The number of amides is 2. The number of carbonyl (C=O) groups excluding carboxylic acids is 2. The second-order valence-corrected chi connectivity index (χ2v) is 10.9. The van der Waals surface area contributed by atoms with Crippen LogP contribution < -0.4 is 5.32 Å². The molecule has 2 aliphatic heterocycles. The van der Waals surface area contributed by atoms with Crippen molar-refractivity contribution in [2.24, 2.45) is 23.2 Å². The van der Waals surface area contributed by atoms with Crippen molar-refractivity contribution >= 4 is 17.6 Å². The molecule has 0 aromatic carbocycles. The summed E-state index contributed by atoms with van der Waals surface area (Å²) in [6, 6.07) is 6.26. The van der Waals surface area contributed by atoms with E-state index in [9.17, 15) is 14.9 Å². The summed E-state index contributed by atoms with van der Waals surface area (Å²) in [5.41, 5.74) is 5.09. The molecular weight excluding hydrogens is 414 g/mol. The monoisotopic (exact) mass is 445 g/mol. The van der Waals surface area contributed by atoms with Crippen LogP contribution in [-0.4, -0.2) is 39.4 Å². The molecule has 0 bridgehead atoms. The van der Waals surface area contributed by atoms with Crippen LogP contribution in [0.2, 0.25) is 0 Å². The van der Waals surface area contributed by atoms with Crippen LogP contribution in [0.1, 0.15) is 50.6 Å². The lowest BCUT2D eigenvalue weighted by Gasteiger charge is -2.17. The van der Waals surface area contributed by atoms with E-state index in [1.807, 2.05) is 24.0 Å². The molecule has 2 fully saturated rings. The van der Waals surface area contributed by atoms with Crippen molar-refractivity contribution in [1.29, 1.82) is 5.26 Å². The summed E-state index contributed by atoms with van der Waals surface area (Å²) in [6.45, 7) is 10.5. The SMILES string of the molecule is CC(=O)N1C[C@H]2CC(C(=O)Nc3cc(-c4cc(C#N)n5c4CC(C)(C)C5)c(C)cn3)C[C@H]2C1. The Bertz CT molecular complexity index is 1170. The third kappa shape index (κ3) is 3.82. The maximum Gasteiger partial charge on any atom is 0.228 e. The molecule has 172 valence electrons. The zero-order chi connectivity index (χ0) is 23.5. The summed E-state index contributed by atoms with van der Waals surface area (Å²) in [6.07, 6.45) is 4.37. The van der Waals surface area contributed by atoms with Gasteiger partial charge in [-0.3, -0.25) is 9.59 Å². The van der Waals surface area contributed by atoms with Gasteiger partial charge in [-0.1, -0.05) is 13.8 Å². The molecule has 1 N–H and O–H groups in total. The number of hydrogen-bond donors (Lipinski definition) is 1. The van der Waals surface area contributed by atoms with Gasteiger partial charge >= 0.3 is 0 Å². The van der Waals surface area contributed by atoms with Crippen LogP contribution in [0.5, 0.6) is 0 Å². The molecule has 3 atom stereocenters. The van der Waals surface area contributed by atoms with E-state index in [1.54, 1.807) is 13.1 Å². The minimum Gasteiger partial charge on any atom is -0.342 e. The first-order valence-corrected chi connectivity index (χ1v) is 11.8. The first-order valence-electron chi connectivity index (χ1n) is 11.8. The van der Waals surface area contributed by atoms with Gasteiger partial charge in [0.25, 0.3) is 0 Å². The van der Waals surface area contributed by atoms with E-state index in [-0.39, 0.29) is 23.1 Å². The Morgan fingerprint density at radius 1 is 1.18 bits per heavy atom. The second kappa shape index (κ2) is 7.72. The predicted octanol–water partition coefficient (Wildman–Crippen LogP) is 3.76. The highest BCUT2D eigenvalue weighted by atomic mass is 16.2. The molecule has 0 spiro atoms. The fourth-order valence-electron chi connectivity index (χ4n) is 6.10. The van der Waals surface area contributed by atoms with Gasteiger partial charge in [-0.2, -0.15) is 5.26 Å². The minimum atomic E-state index is -0.0367. The van der Waals surface area contributed by atoms with Gasteiger partial charge in [0.15, 0.2) is 0 Å². The molecular formula is C26H31N5O2. The van der Waals surface area contributed by atoms with Gasteiger partial charge in [0.2, 0.25) is 11.8 Å². The molecule has 7 heteroatoms. The zero-order valence-electron chi connectivity index (χ0n) is 19.8. The first-order chi connectivity index (χ1) is 15.6. The van der Waals surface area contributed by atoms with E-state index in [4.69, 9.17) is 0 Å². The van der Waals surface area contributed by atoms with Gasteiger partial charge in [-0.05, 0) is 66.7 Å². The molecule has 4 heterocycles. The van der Waals surface area contributed by atoms with Crippen LogP contribution >= 0.6 is 0 Å². The number of nitriles is 1. The molecule has 7 nitrogen and oxygen atoms in total. The smallest absolute Gasteiger partial charge is 0.228 e. The van der Waals surface area contributed by atoms with Gasteiger partial charge in [0.1, 0.15) is 17.6 Å². The lowest BCUT2D eigenvalue weighted by molar-refractivity contribution is -0.128. The molecule has 2 aromatic rings. The molecule has 33 heavy (non-hydrogen) atoms. The van der Waals surface area contributed by atoms with Crippen molar-refractivity contribution in [3.63, 3.8) is 0 Å². The Balaban J connectivity index is 1.35. The second-order valence-electron chi connectivity index (χ2n) is 10.9. The number of fused-ring (bicyclic) bond motifs is 2. The molecule has 2 amide bonds. The number of aryl methyl sites for hydroxylation is 1. The van der Waals surface area contributed by atoms with Crippen molar-refractivity contribution < 1.29 is 9.59 Å². The summed E-state index contributed by atoms with van der Waals surface area (Å²) in [7, 11) is 0. The summed E-state index contributed by atoms with van der Waals surface area (Å²) < 4.78 is 2.13. The van der Waals surface area contributed by atoms with E-state index in [1.165, 1.54) is 5.69 Å². The minimum absolute atomic E-state index is 0.0158. The Morgan fingerprint density at radius 2 is 1.88 bits per heavy atom. The molecule has 3 aliphatic rings. The fraction of sp³-hybridized carbons (Fsp3) is 0.538. The third-order valence-electron chi connectivity index (χ3n) is 7.77. The maximum atomic E-state index is 13.0. The highest BCUT2D eigenvalue weighted by Crippen LogP contribution is 2.43. The number of likely N-dealkylation sites (tertiary alicyclic amines) is 1. The number of anilines is 1. The van der Waals surface area contributed by atoms with Crippen molar-refractivity contribution in [2.75, 3.05) is 18.4 Å². The van der Waals surface area contributed by atoms with Crippen LogP contribution in [0.4, 0.5) is 5.82 Å². The van der Waals surface area contributed by atoms with Gasteiger partial charge < -0.3 is 14.8 Å². The number of carbonyl (C=O) groups is 2. The first kappa shape index (κ1) is 21.7.